The topological polar surface area (TPSA) is 82.1 Å². The van der Waals surface area contributed by atoms with Gasteiger partial charge in [0.2, 0.25) is 0 Å². The standard InChI is InChI=1S/C9H17O6P/c1-4-8(3)9(10)13-6-7-15-16(11,12)14-5-2/h4H,5-7H2,1-3H3,(H,11,12)/b8-4+. The molecule has 0 aromatic rings. The highest BCUT2D eigenvalue weighted by Gasteiger charge is 2.19. The van der Waals surface area contributed by atoms with E-state index in [1.165, 1.54) is 0 Å². The third kappa shape index (κ3) is 6.74. The molecule has 1 N–H and O–H groups in total. The molecule has 0 aliphatic rings. The molecule has 0 aliphatic carbocycles. The Hall–Kier alpha value is -0.680. The normalized spacial score (nSPS) is 15.6. The fourth-order valence-corrected chi connectivity index (χ4v) is 1.43. The summed E-state index contributed by atoms with van der Waals surface area (Å²) < 4.78 is 24.7. The van der Waals surface area contributed by atoms with Crippen molar-refractivity contribution in [2.75, 3.05) is 19.8 Å². The summed E-state index contributed by atoms with van der Waals surface area (Å²) in [6.07, 6.45) is 1.61. The first kappa shape index (κ1) is 15.3. The van der Waals surface area contributed by atoms with Gasteiger partial charge in [-0.2, -0.15) is 0 Å². The van der Waals surface area contributed by atoms with E-state index in [0.29, 0.717) is 5.57 Å². The molecule has 94 valence electrons. The predicted octanol–water partition coefficient (Wildman–Crippen LogP) is 1.65. The first-order chi connectivity index (χ1) is 7.43. The number of rotatable bonds is 7. The van der Waals surface area contributed by atoms with E-state index in [0.717, 1.165) is 0 Å². The molecule has 0 saturated heterocycles. The Balaban J connectivity index is 3.77. The Morgan fingerprint density at radius 3 is 2.50 bits per heavy atom. The third-order valence-electron chi connectivity index (χ3n) is 1.62. The molecular weight excluding hydrogens is 235 g/mol. The average molecular weight is 252 g/mol. The van der Waals surface area contributed by atoms with Crippen LogP contribution in [0.25, 0.3) is 0 Å². The molecule has 0 aromatic heterocycles. The Kier molecular flexibility index (Phi) is 7.25. The molecule has 0 aromatic carbocycles. The minimum Gasteiger partial charge on any atom is -0.460 e. The van der Waals surface area contributed by atoms with Gasteiger partial charge in [-0.25, -0.2) is 9.36 Å². The second kappa shape index (κ2) is 7.57. The lowest BCUT2D eigenvalue weighted by Gasteiger charge is -2.10. The van der Waals surface area contributed by atoms with E-state index in [1.807, 2.05) is 0 Å². The van der Waals surface area contributed by atoms with Gasteiger partial charge in [0.25, 0.3) is 0 Å². The minimum absolute atomic E-state index is 0.0746. The van der Waals surface area contributed by atoms with Crippen molar-refractivity contribution in [3.8, 4) is 0 Å². The fraction of sp³-hybridized carbons (Fsp3) is 0.667. The van der Waals surface area contributed by atoms with E-state index in [-0.39, 0.29) is 19.8 Å². The van der Waals surface area contributed by atoms with Gasteiger partial charge < -0.3 is 9.63 Å². The van der Waals surface area contributed by atoms with Crippen LogP contribution in [0, 0.1) is 0 Å². The van der Waals surface area contributed by atoms with E-state index in [4.69, 9.17) is 9.63 Å². The number of hydrogen-bond donors (Lipinski definition) is 1. The lowest BCUT2D eigenvalue weighted by Crippen LogP contribution is -2.11. The highest BCUT2D eigenvalue weighted by molar-refractivity contribution is 7.47. The molecule has 6 nitrogen and oxygen atoms in total. The van der Waals surface area contributed by atoms with Gasteiger partial charge >= 0.3 is 13.8 Å². The summed E-state index contributed by atoms with van der Waals surface area (Å²) in [4.78, 5) is 20.1. The number of hydrogen-bond acceptors (Lipinski definition) is 5. The summed E-state index contributed by atoms with van der Waals surface area (Å²) in [5, 5.41) is 0. The Bertz CT molecular complexity index is 298. The maximum absolute atomic E-state index is 11.1. The zero-order chi connectivity index (χ0) is 12.6. The minimum atomic E-state index is -3.99. The number of carbonyl (C=O) groups is 1. The van der Waals surface area contributed by atoms with Crippen molar-refractivity contribution in [1.82, 2.24) is 0 Å². The van der Waals surface area contributed by atoms with Crippen molar-refractivity contribution >= 4 is 13.8 Å². The van der Waals surface area contributed by atoms with Crippen LogP contribution in [0.4, 0.5) is 0 Å². The van der Waals surface area contributed by atoms with E-state index in [9.17, 15) is 9.36 Å². The van der Waals surface area contributed by atoms with Crippen LogP contribution in [0.5, 0.6) is 0 Å². The molecule has 0 fully saturated rings. The maximum Gasteiger partial charge on any atom is 0.472 e. The Labute approximate surface area is 94.8 Å². The molecular formula is C9H17O6P. The molecule has 1 atom stereocenters. The van der Waals surface area contributed by atoms with E-state index in [1.54, 1.807) is 26.8 Å². The van der Waals surface area contributed by atoms with Crippen LogP contribution in [0.15, 0.2) is 11.6 Å². The van der Waals surface area contributed by atoms with Crippen LogP contribution in [-0.2, 0) is 23.1 Å². The van der Waals surface area contributed by atoms with Crippen molar-refractivity contribution in [3.63, 3.8) is 0 Å². The number of carbonyl (C=O) groups excluding carboxylic acids is 1. The second-order valence-electron chi connectivity index (χ2n) is 2.83. The second-order valence-corrected chi connectivity index (χ2v) is 4.28. The highest BCUT2D eigenvalue weighted by Crippen LogP contribution is 2.42. The Morgan fingerprint density at radius 2 is 2.00 bits per heavy atom. The SMILES string of the molecule is C/C=C(\C)C(=O)OCCOP(=O)(O)OCC. The molecule has 0 aliphatic heterocycles. The van der Waals surface area contributed by atoms with Crippen LogP contribution in [0.1, 0.15) is 20.8 Å². The quantitative estimate of drug-likeness (QED) is 0.321. The van der Waals surface area contributed by atoms with Gasteiger partial charge in [0.05, 0.1) is 13.2 Å². The summed E-state index contributed by atoms with van der Waals surface area (Å²) in [6.45, 7) is 4.69. The molecule has 7 heteroatoms. The lowest BCUT2D eigenvalue weighted by molar-refractivity contribution is -0.139. The molecule has 16 heavy (non-hydrogen) atoms. The Morgan fingerprint density at radius 1 is 1.38 bits per heavy atom. The van der Waals surface area contributed by atoms with Gasteiger partial charge in [0.1, 0.15) is 6.61 Å². The van der Waals surface area contributed by atoms with Crippen LogP contribution in [0.3, 0.4) is 0 Å². The summed E-state index contributed by atoms with van der Waals surface area (Å²) in [7, 11) is -3.99. The number of phosphoric acid groups is 1. The van der Waals surface area contributed by atoms with Gasteiger partial charge in [0, 0.05) is 5.57 Å². The van der Waals surface area contributed by atoms with E-state index < -0.39 is 13.8 Å². The van der Waals surface area contributed by atoms with Crippen LogP contribution in [0.2, 0.25) is 0 Å². The molecule has 0 rings (SSSR count). The van der Waals surface area contributed by atoms with Crippen molar-refractivity contribution in [1.29, 1.82) is 0 Å². The number of ether oxygens (including phenoxy) is 1. The van der Waals surface area contributed by atoms with Gasteiger partial charge in [0.15, 0.2) is 0 Å². The molecule has 0 spiro atoms. The first-order valence-electron chi connectivity index (χ1n) is 4.85. The van der Waals surface area contributed by atoms with Crippen LogP contribution >= 0.6 is 7.82 Å². The summed E-state index contributed by atoms with van der Waals surface area (Å²) in [5.74, 6) is -0.477. The van der Waals surface area contributed by atoms with Gasteiger partial charge in [-0.15, -0.1) is 0 Å². The zero-order valence-corrected chi connectivity index (χ0v) is 10.5. The van der Waals surface area contributed by atoms with E-state index in [2.05, 4.69) is 9.05 Å². The van der Waals surface area contributed by atoms with Gasteiger partial charge in [-0.1, -0.05) is 6.08 Å². The largest absolute Gasteiger partial charge is 0.472 e. The molecule has 0 saturated carbocycles. The molecule has 0 amide bonds. The van der Waals surface area contributed by atoms with Gasteiger partial charge in [-0.3, -0.25) is 9.05 Å². The van der Waals surface area contributed by atoms with Crippen LogP contribution < -0.4 is 0 Å². The average Bonchev–Trinajstić information content (AvgIpc) is 2.22. The lowest BCUT2D eigenvalue weighted by atomic mass is 10.3. The number of allylic oxidation sites excluding steroid dienone is 1. The highest BCUT2D eigenvalue weighted by atomic mass is 31.2. The summed E-state index contributed by atoms with van der Waals surface area (Å²) in [6, 6.07) is 0. The molecule has 1 unspecified atom stereocenters. The monoisotopic (exact) mass is 252 g/mol. The maximum atomic E-state index is 11.1. The van der Waals surface area contributed by atoms with Crippen molar-refractivity contribution in [2.24, 2.45) is 0 Å². The first-order valence-corrected chi connectivity index (χ1v) is 6.34. The summed E-state index contributed by atoms with van der Waals surface area (Å²) in [5.41, 5.74) is 0.469. The smallest absolute Gasteiger partial charge is 0.460 e. The van der Waals surface area contributed by atoms with E-state index >= 15 is 0 Å². The molecule has 0 bridgehead atoms. The van der Waals surface area contributed by atoms with Gasteiger partial charge in [-0.05, 0) is 20.8 Å². The molecule has 0 heterocycles. The van der Waals surface area contributed by atoms with Crippen LogP contribution in [-0.4, -0.2) is 30.7 Å². The fourth-order valence-electron chi connectivity index (χ4n) is 0.719. The summed E-state index contributed by atoms with van der Waals surface area (Å²) >= 11 is 0. The molecule has 0 radical (unpaired) electrons. The predicted molar refractivity (Wildman–Crippen MR) is 57.8 cm³/mol. The van der Waals surface area contributed by atoms with Crippen molar-refractivity contribution in [3.05, 3.63) is 11.6 Å². The third-order valence-corrected chi connectivity index (χ3v) is 2.71. The number of phosphoric ester groups is 1. The van der Waals surface area contributed by atoms with Crippen molar-refractivity contribution in [2.45, 2.75) is 20.8 Å². The van der Waals surface area contributed by atoms with Crippen molar-refractivity contribution < 1.29 is 28.0 Å². The zero-order valence-electron chi connectivity index (χ0n) is 9.63. The number of esters is 1.